The van der Waals surface area contributed by atoms with Crippen LogP contribution in [0, 0.1) is 0 Å². The predicted molar refractivity (Wildman–Crippen MR) is 74.8 cm³/mol. The molecule has 0 atom stereocenters. The smallest absolute Gasteiger partial charge is 0.255 e. The maximum atomic E-state index is 10.6. The standard InChI is InChI=1S/C14H15NO3S/c15-14(16)8-18-12-4-1-3-11(7-12)9-19-10-13-5-2-6-17-13/h1-7H,8-10H2,(H2,15,16). The molecule has 0 saturated carbocycles. The molecule has 0 saturated heterocycles. The fraction of sp³-hybridized carbons (Fsp3) is 0.214. The highest BCUT2D eigenvalue weighted by atomic mass is 32.2. The zero-order valence-corrected chi connectivity index (χ0v) is 11.2. The van der Waals surface area contributed by atoms with Crippen LogP contribution in [0.5, 0.6) is 5.75 Å². The first-order valence-electron chi connectivity index (χ1n) is 5.84. The predicted octanol–water partition coefficient (Wildman–Crippen LogP) is 2.58. The van der Waals surface area contributed by atoms with Crippen LogP contribution in [0.3, 0.4) is 0 Å². The van der Waals surface area contributed by atoms with Gasteiger partial charge in [-0.15, -0.1) is 11.8 Å². The number of amides is 1. The molecule has 0 aliphatic heterocycles. The summed E-state index contributed by atoms with van der Waals surface area (Å²) < 4.78 is 10.5. The van der Waals surface area contributed by atoms with E-state index < -0.39 is 5.91 Å². The molecule has 0 radical (unpaired) electrons. The van der Waals surface area contributed by atoms with E-state index in [0.29, 0.717) is 5.75 Å². The molecule has 0 unspecified atom stereocenters. The summed E-state index contributed by atoms with van der Waals surface area (Å²) in [7, 11) is 0. The monoisotopic (exact) mass is 277 g/mol. The number of hydrogen-bond donors (Lipinski definition) is 1. The molecular weight excluding hydrogens is 262 g/mol. The van der Waals surface area contributed by atoms with Gasteiger partial charge in [0.15, 0.2) is 6.61 Å². The van der Waals surface area contributed by atoms with Crippen molar-refractivity contribution >= 4 is 17.7 Å². The maximum Gasteiger partial charge on any atom is 0.255 e. The van der Waals surface area contributed by atoms with E-state index >= 15 is 0 Å². The minimum Gasteiger partial charge on any atom is -0.484 e. The Morgan fingerprint density at radius 2 is 2.16 bits per heavy atom. The number of furan rings is 1. The molecular formula is C14H15NO3S. The summed E-state index contributed by atoms with van der Waals surface area (Å²) in [4.78, 5) is 10.6. The van der Waals surface area contributed by atoms with Crippen LogP contribution in [0.2, 0.25) is 0 Å². The van der Waals surface area contributed by atoms with Crippen molar-refractivity contribution in [3.63, 3.8) is 0 Å². The van der Waals surface area contributed by atoms with E-state index in [2.05, 4.69) is 0 Å². The summed E-state index contributed by atoms with van der Waals surface area (Å²) >= 11 is 1.76. The summed E-state index contributed by atoms with van der Waals surface area (Å²) in [6, 6.07) is 11.5. The molecule has 5 heteroatoms. The Morgan fingerprint density at radius 3 is 2.89 bits per heavy atom. The van der Waals surface area contributed by atoms with Gasteiger partial charge in [-0.3, -0.25) is 4.79 Å². The number of thioether (sulfide) groups is 1. The third-order valence-corrected chi connectivity index (χ3v) is 3.40. The largest absolute Gasteiger partial charge is 0.484 e. The molecule has 1 aromatic heterocycles. The second-order valence-electron chi connectivity index (χ2n) is 3.97. The van der Waals surface area contributed by atoms with E-state index in [-0.39, 0.29) is 6.61 Å². The topological polar surface area (TPSA) is 65.5 Å². The Kier molecular flexibility index (Phi) is 4.92. The van der Waals surface area contributed by atoms with Gasteiger partial charge in [-0.2, -0.15) is 0 Å². The van der Waals surface area contributed by atoms with Crippen molar-refractivity contribution in [2.24, 2.45) is 5.73 Å². The van der Waals surface area contributed by atoms with Gasteiger partial charge in [-0.1, -0.05) is 12.1 Å². The van der Waals surface area contributed by atoms with E-state index in [9.17, 15) is 4.79 Å². The Bertz CT molecular complexity index is 525. The number of carbonyl (C=O) groups excluding carboxylic acids is 1. The zero-order valence-electron chi connectivity index (χ0n) is 10.4. The zero-order chi connectivity index (χ0) is 13.5. The first-order chi connectivity index (χ1) is 9.24. The van der Waals surface area contributed by atoms with Crippen LogP contribution < -0.4 is 10.5 Å². The van der Waals surface area contributed by atoms with Crippen LogP contribution in [-0.4, -0.2) is 12.5 Å². The van der Waals surface area contributed by atoms with Crippen molar-refractivity contribution in [2.75, 3.05) is 6.61 Å². The third-order valence-electron chi connectivity index (χ3n) is 2.37. The Labute approximate surface area is 115 Å². The van der Waals surface area contributed by atoms with Gasteiger partial charge in [-0.05, 0) is 29.8 Å². The molecule has 0 bridgehead atoms. The van der Waals surface area contributed by atoms with Crippen LogP contribution in [0.1, 0.15) is 11.3 Å². The number of nitrogens with two attached hydrogens (primary N) is 1. The van der Waals surface area contributed by atoms with Crippen molar-refractivity contribution in [3.8, 4) is 5.75 Å². The molecule has 0 aliphatic rings. The van der Waals surface area contributed by atoms with Gasteiger partial charge in [-0.25, -0.2) is 0 Å². The number of primary amides is 1. The Hall–Kier alpha value is -1.88. The first kappa shape index (κ1) is 13.5. The second kappa shape index (κ2) is 6.89. The fourth-order valence-corrected chi connectivity index (χ4v) is 2.43. The van der Waals surface area contributed by atoms with E-state index in [4.69, 9.17) is 14.9 Å². The molecule has 2 rings (SSSR count). The molecule has 1 heterocycles. The highest BCUT2D eigenvalue weighted by molar-refractivity contribution is 7.97. The molecule has 19 heavy (non-hydrogen) atoms. The van der Waals surface area contributed by atoms with Crippen molar-refractivity contribution in [3.05, 3.63) is 54.0 Å². The van der Waals surface area contributed by atoms with Gasteiger partial charge in [0.2, 0.25) is 0 Å². The SMILES string of the molecule is NC(=O)COc1cccc(CSCc2ccco2)c1. The summed E-state index contributed by atoms with van der Waals surface area (Å²) in [5, 5.41) is 0. The average Bonchev–Trinajstić information content (AvgIpc) is 2.90. The van der Waals surface area contributed by atoms with E-state index in [1.54, 1.807) is 18.0 Å². The van der Waals surface area contributed by atoms with Gasteiger partial charge < -0.3 is 14.9 Å². The molecule has 1 aromatic carbocycles. The van der Waals surface area contributed by atoms with Crippen LogP contribution in [0.15, 0.2) is 47.1 Å². The van der Waals surface area contributed by atoms with Crippen molar-refractivity contribution in [1.82, 2.24) is 0 Å². The first-order valence-corrected chi connectivity index (χ1v) is 6.99. The van der Waals surface area contributed by atoms with Crippen molar-refractivity contribution < 1.29 is 13.9 Å². The minimum absolute atomic E-state index is 0.0943. The van der Waals surface area contributed by atoms with E-state index in [1.807, 2.05) is 36.4 Å². The summed E-state index contributed by atoms with van der Waals surface area (Å²) in [5.41, 5.74) is 6.17. The van der Waals surface area contributed by atoms with Gasteiger partial charge >= 0.3 is 0 Å². The number of benzene rings is 1. The summed E-state index contributed by atoms with van der Waals surface area (Å²) in [5.74, 6) is 2.84. The lowest BCUT2D eigenvalue weighted by Gasteiger charge is -2.06. The quantitative estimate of drug-likeness (QED) is 0.844. The highest BCUT2D eigenvalue weighted by Gasteiger charge is 2.01. The summed E-state index contributed by atoms with van der Waals surface area (Å²) in [6.45, 7) is -0.0943. The van der Waals surface area contributed by atoms with Gasteiger partial charge in [0.25, 0.3) is 5.91 Å². The number of carbonyl (C=O) groups is 1. The average molecular weight is 277 g/mol. The molecule has 100 valence electrons. The Balaban J connectivity index is 1.82. The minimum atomic E-state index is -0.474. The lowest BCUT2D eigenvalue weighted by Crippen LogP contribution is -2.20. The molecule has 2 aromatic rings. The van der Waals surface area contributed by atoms with Gasteiger partial charge in [0, 0.05) is 5.75 Å². The van der Waals surface area contributed by atoms with Crippen LogP contribution in [0.4, 0.5) is 0 Å². The number of ether oxygens (including phenoxy) is 1. The van der Waals surface area contributed by atoms with Gasteiger partial charge in [0.05, 0.1) is 12.0 Å². The highest BCUT2D eigenvalue weighted by Crippen LogP contribution is 2.21. The van der Waals surface area contributed by atoms with Crippen molar-refractivity contribution in [2.45, 2.75) is 11.5 Å². The molecule has 0 fully saturated rings. The van der Waals surface area contributed by atoms with E-state index in [0.717, 1.165) is 22.8 Å². The molecule has 4 nitrogen and oxygen atoms in total. The Morgan fingerprint density at radius 1 is 1.26 bits per heavy atom. The van der Waals surface area contributed by atoms with Crippen LogP contribution in [-0.2, 0) is 16.3 Å². The number of rotatable bonds is 7. The number of hydrogen-bond acceptors (Lipinski definition) is 4. The summed E-state index contributed by atoms with van der Waals surface area (Å²) in [6.07, 6.45) is 1.67. The molecule has 0 spiro atoms. The molecule has 1 amide bonds. The second-order valence-corrected chi connectivity index (χ2v) is 4.96. The maximum absolute atomic E-state index is 10.6. The lowest BCUT2D eigenvalue weighted by atomic mass is 10.2. The van der Waals surface area contributed by atoms with Crippen LogP contribution >= 0.6 is 11.8 Å². The van der Waals surface area contributed by atoms with E-state index in [1.165, 1.54) is 0 Å². The fourth-order valence-electron chi connectivity index (χ4n) is 1.54. The molecule has 2 N–H and O–H groups in total. The molecule has 0 aliphatic carbocycles. The third kappa shape index (κ3) is 4.71. The normalized spacial score (nSPS) is 10.3. The van der Waals surface area contributed by atoms with Crippen molar-refractivity contribution in [1.29, 1.82) is 0 Å². The van der Waals surface area contributed by atoms with Crippen LogP contribution in [0.25, 0.3) is 0 Å². The lowest BCUT2D eigenvalue weighted by molar-refractivity contribution is -0.119. The van der Waals surface area contributed by atoms with Gasteiger partial charge in [0.1, 0.15) is 11.5 Å².